The van der Waals surface area contributed by atoms with Crippen molar-refractivity contribution in [3.63, 3.8) is 0 Å². The Kier molecular flexibility index (Phi) is 3.82. The van der Waals surface area contributed by atoms with Gasteiger partial charge in [0.2, 0.25) is 0 Å². The molecule has 0 aliphatic carbocycles. The van der Waals surface area contributed by atoms with E-state index < -0.39 is 0 Å². The first-order chi connectivity index (χ1) is 8.86. The summed E-state index contributed by atoms with van der Waals surface area (Å²) in [6.45, 7) is 7.14. The lowest BCUT2D eigenvalue weighted by Crippen LogP contribution is -1.91. The van der Waals surface area contributed by atoms with Crippen LogP contribution in [0.2, 0.25) is 0 Å². The summed E-state index contributed by atoms with van der Waals surface area (Å²) >= 11 is 0. The van der Waals surface area contributed by atoms with Crippen molar-refractivity contribution < 1.29 is 9.47 Å². The van der Waals surface area contributed by atoms with Crippen LogP contribution in [0.25, 0.3) is 11.1 Å². The molecule has 0 aliphatic heterocycles. The number of ether oxygens (including phenoxy) is 2. The predicted molar refractivity (Wildman–Crippen MR) is 73.5 cm³/mol. The van der Waals surface area contributed by atoms with Crippen LogP contribution in [0.15, 0.2) is 74.2 Å². The molecule has 0 aromatic heterocycles. The molecule has 0 fully saturated rings. The van der Waals surface area contributed by atoms with Gasteiger partial charge >= 0.3 is 0 Å². The standard InChI is InChI=1S/C16H14O2/c1-3-17-15-12-8-11-14(16(15)18-4-2)13-9-6-5-7-10-13/h3-12H,1-2H2. The zero-order chi connectivity index (χ0) is 12.8. The topological polar surface area (TPSA) is 18.5 Å². The molecule has 2 aromatic carbocycles. The van der Waals surface area contributed by atoms with Gasteiger partial charge in [0.1, 0.15) is 0 Å². The average molecular weight is 238 g/mol. The van der Waals surface area contributed by atoms with Crippen molar-refractivity contribution >= 4 is 0 Å². The third kappa shape index (κ3) is 2.43. The second-order valence-electron chi connectivity index (χ2n) is 3.57. The molecule has 0 N–H and O–H groups in total. The van der Waals surface area contributed by atoms with E-state index in [0.717, 1.165) is 11.1 Å². The first kappa shape index (κ1) is 12.0. The van der Waals surface area contributed by atoms with Gasteiger partial charge in [0, 0.05) is 5.56 Å². The van der Waals surface area contributed by atoms with E-state index in [1.807, 2.05) is 48.5 Å². The second-order valence-corrected chi connectivity index (χ2v) is 3.57. The quantitative estimate of drug-likeness (QED) is 0.719. The first-order valence-electron chi connectivity index (χ1n) is 5.60. The van der Waals surface area contributed by atoms with Gasteiger partial charge in [0.25, 0.3) is 0 Å². The minimum absolute atomic E-state index is 0.617. The Morgan fingerprint density at radius 3 is 2.17 bits per heavy atom. The Morgan fingerprint density at radius 1 is 0.778 bits per heavy atom. The second kappa shape index (κ2) is 5.73. The van der Waals surface area contributed by atoms with E-state index in [1.54, 1.807) is 0 Å². The van der Waals surface area contributed by atoms with E-state index in [1.165, 1.54) is 12.5 Å². The van der Waals surface area contributed by atoms with Crippen LogP contribution in [0, 0.1) is 0 Å². The fourth-order valence-corrected chi connectivity index (χ4v) is 1.75. The highest BCUT2D eigenvalue weighted by Crippen LogP contribution is 2.38. The van der Waals surface area contributed by atoms with E-state index in [-0.39, 0.29) is 0 Å². The van der Waals surface area contributed by atoms with Crippen molar-refractivity contribution in [1.82, 2.24) is 0 Å². The number of para-hydroxylation sites is 1. The molecule has 0 saturated carbocycles. The molecular weight excluding hydrogens is 224 g/mol. The maximum Gasteiger partial charge on any atom is 0.176 e. The van der Waals surface area contributed by atoms with Gasteiger partial charge < -0.3 is 9.47 Å². The lowest BCUT2D eigenvalue weighted by atomic mass is 10.0. The average Bonchev–Trinajstić information content (AvgIpc) is 2.42. The van der Waals surface area contributed by atoms with Crippen LogP contribution in [-0.4, -0.2) is 0 Å². The number of benzene rings is 2. The highest BCUT2D eigenvalue weighted by molar-refractivity contribution is 5.73. The summed E-state index contributed by atoms with van der Waals surface area (Å²) in [6, 6.07) is 15.7. The summed E-state index contributed by atoms with van der Waals surface area (Å²) in [7, 11) is 0. The van der Waals surface area contributed by atoms with E-state index in [0.29, 0.717) is 11.5 Å². The monoisotopic (exact) mass is 238 g/mol. The molecule has 90 valence electrons. The largest absolute Gasteiger partial charge is 0.462 e. The Morgan fingerprint density at radius 2 is 1.50 bits per heavy atom. The molecule has 0 bridgehead atoms. The van der Waals surface area contributed by atoms with E-state index >= 15 is 0 Å². The SMILES string of the molecule is C=COc1cccc(-c2ccccc2)c1OC=C. The Labute approximate surface area is 107 Å². The van der Waals surface area contributed by atoms with Gasteiger partial charge in [-0.1, -0.05) is 55.6 Å². The first-order valence-corrected chi connectivity index (χ1v) is 5.60. The van der Waals surface area contributed by atoms with Gasteiger partial charge in [0.15, 0.2) is 11.5 Å². The van der Waals surface area contributed by atoms with Gasteiger partial charge in [-0.2, -0.15) is 0 Å². The number of rotatable bonds is 5. The summed E-state index contributed by atoms with van der Waals surface area (Å²) in [5.74, 6) is 1.25. The highest BCUT2D eigenvalue weighted by atomic mass is 16.5. The van der Waals surface area contributed by atoms with Gasteiger partial charge in [-0.25, -0.2) is 0 Å². The summed E-state index contributed by atoms with van der Waals surface area (Å²) in [5, 5.41) is 0. The maximum atomic E-state index is 5.47. The van der Waals surface area contributed by atoms with Crippen molar-refractivity contribution in [1.29, 1.82) is 0 Å². The van der Waals surface area contributed by atoms with Crippen LogP contribution in [0.4, 0.5) is 0 Å². The lowest BCUT2D eigenvalue weighted by molar-refractivity contribution is 0.420. The molecule has 2 heteroatoms. The number of hydrogen-bond donors (Lipinski definition) is 0. The van der Waals surface area contributed by atoms with E-state index in [9.17, 15) is 0 Å². The fraction of sp³-hybridized carbons (Fsp3) is 0. The molecule has 0 amide bonds. The molecule has 2 nitrogen and oxygen atoms in total. The molecule has 0 atom stereocenters. The minimum atomic E-state index is 0.617. The Balaban J connectivity index is 2.55. The molecule has 0 spiro atoms. The Bertz CT molecular complexity index is 544. The van der Waals surface area contributed by atoms with Crippen LogP contribution in [-0.2, 0) is 0 Å². The van der Waals surface area contributed by atoms with E-state index in [4.69, 9.17) is 9.47 Å². The number of hydrogen-bond acceptors (Lipinski definition) is 2. The molecule has 18 heavy (non-hydrogen) atoms. The zero-order valence-electron chi connectivity index (χ0n) is 10.0. The molecule has 2 rings (SSSR count). The van der Waals surface area contributed by atoms with Crippen molar-refractivity contribution in [2.24, 2.45) is 0 Å². The molecule has 2 aromatic rings. The van der Waals surface area contributed by atoms with Gasteiger partial charge in [-0.3, -0.25) is 0 Å². The molecule has 0 saturated heterocycles. The maximum absolute atomic E-state index is 5.47. The van der Waals surface area contributed by atoms with Crippen LogP contribution < -0.4 is 9.47 Å². The predicted octanol–water partition coefficient (Wildman–Crippen LogP) is 4.40. The third-order valence-corrected chi connectivity index (χ3v) is 2.48. The van der Waals surface area contributed by atoms with Crippen molar-refractivity contribution in [3.8, 4) is 22.6 Å². The van der Waals surface area contributed by atoms with Crippen molar-refractivity contribution in [2.75, 3.05) is 0 Å². The molecule has 0 heterocycles. The highest BCUT2D eigenvalue weighted by Gasteiger charge is 2.11. The van der Waals surface area contributed by atoms with E-state index in [2.05, 4.69) is 13.2 Å². The van der Waals surface area contributed by atoms with Crippen LogP contribution in [0.3, 0.4) is 0 Å². The summed E-state index contributed by atoms with van der Waals surface area (Å²) in [4.78, 5) is 0. The van der Waals surface area contributed by atoms with Crippen LogP contribution in [0.5, 0.6) is 11.5 Å². The van der Waals surface area contributed by atoms with Gasteiger partial charge in [0.05, 0.1) is 12.5 Å². The molecule has 0 aliphatic rings. The summed E-state index contributed by atoms with van der Waals surface area (Å²) in [6.07, 6.45) is 2.76. The lowest BCUT2D eigenvalue weighted by Gasteiger charge is -2.12. The van der Waals surface area contributed by atoms with Crippen molar-refractivity contribution in [3.05, 3.63) is 74.2 Å². The minimum Gasteiger partial charge on any atom is -0.462 e. The zero-order valence-corrected chi connectivity index (χ0v) is 10.0. The van der Waals surface area contributed by atoms with Crippen molar-refractivity contribution in [2.45, 2.75) is 0 Å². The fourth-order valence-electron chi connectivity index (χ4n) is 1.75. The van der Waals surface area contributed by atoms with Gasteiger partial charge in [-0.05, 0) is 11.6 Å². The summed E-state index contributed by atoms with van der Waals surface area (Å²) in [5.41, 5.74) is 2.01. The summed E-state index contributed by atoms with van der Waals surface area (Å²) < 4.78 is 10.8. The third-order valence-electron chi connectivity index (χ3n) is 2.48. The normalized spacial score (nSPS) is 9.56. The molecule has 0 unspecified atom stereocenters. The van der Waals surface area contributed by atoms with Gasteiger partial charge in [-0.15, -0.1) is 0 Å². The Hall–Kier alpha value is -2.48. The van der Waals surface area contributed by atoms with Crippen LogP contribution in [0.1, 0.15) is 0 Å². The molecular formula is C16H14O2. The smallest absolute Gasteiger partial charge is 0.176 e. The molecule has 0 radical (unpaired) electrons. The van der Waals surface area contributed by atoms with Crippen LogP contribution >= 0.6 is 0 Å².